The summed E-state index contributed by atoms with van der Waals surface area (Å²) in [6, 6.07) is -0.741. The van der Waals surface area contributed by atoms with Gasteiger partial charge >= 0.3 is 0 Å². The van der Waals surface area contributed by atoms with E-state index in [1.807, 2.05) is 0 Å². The molecular formula is C7H10N2O4. The van der Waals surface area contributed by atoms with Crippen LogP contribution < -0.4 is 10.6 Å². The largest absolute Gasteiger partial charge is 0.375 e. The van der Waals surface area contributed by atoms with Crippen molar-refractivity contribution in [3.63, 3.8) is 0 Å². The summed E-state index contributed by atoms with van der Waals surface area (Å²) >= 11 is 0. The molecule has 1 aliphatic rings. The predicted molar refractivity (Wildman–Crippen MR) is 41.6 cm³/mol. The third kappa shape index (κ3) is 2.51. The van der Waals surface area contributed by atoms with Crippen LogP contribution in [-0.4, -0.2) is 37.5 Å². The first-order chi connectivity index (χ1) is 6.13. The lowest BCUT2D eigenvalue weighted by atomic mass is 10.2. The second kappa shape index (κ2) is 3.99. The topological polar surface area (TPSA) is 84.5 Å². The summed E-state index contributed by atoms with van der Waals surface area (Å²) in [4.78, 5) is 32.5. The van der Waals surface area contributed by atoms with Crippen molar-refractivity contribution in [1.29, 1.82) is 0 Å². The van der Waals surface area contributed by atoms with Gasteiger partial charge in [0.15, 0.2) is 0 Å². The summed E-state index contributed by atoms with van der Waals surface area (Å²) in [6.07, 6.45) is 0.00822. The van der Waals surface area contributed by atoms with E-state index < -0.39 is 17.9 Å². The number of amides is 3. The molecule has 0 saturated carbocycles. The van der Waals surface area contributed by atoms with Crippen molar-refractivity contribution in [3.05, 3.63) is 0 Å². The summed E-state index contributed by atoms with van der Waals surface area (Å²) in [5.41, 5.74) is 0. The lowest BCUT2D eigenvalue weighted by molar-refractivity contribution is -0.130. The average Bonchev–Trinajstić information content (AvgIpc) is 2.30. The Morgan fingerprint density at radius 3 is 2.85 bits per heavy atom. The number of carbonyl (C=O) groups is 3. The monoisotopic (exact) mass is 186 g/mol. The van der Waals surface area contributed by atoms with Crippen molar-refractivity contribution in [2.24, 2.45) is 0 Å². The molecule has 0 aromatic heterocycles. The molecule has 1 rings (SSSR count). The molecule has 0 aliphatic carbocycles. The molecule has 2 N–H and O–H groups in total. The molecule has 1 saturated heterocycles. The minimum Gasteiger partial charge on any atom is -0.375 e. The smallest absolute Gasteiger partial charge is 0.249 e. The van der Waals surface area contributed by atoms with Crippen LogP contribution in [0.3, 0.4) is 0 Å². The van der Waals surface area contributed by atoms with Crippen molar-refractivity contribution < 1.29 is 19.1 Å². The van der Waals surface area contributed by atoms with E-state index in [0.29, 0.717) is 0 Å². The van der Waals surface area contributed by atoms with Gasteiger partial charge in [0.1, 0.15) is 12.6 Å². The second-order valence-corrected chi connectivity index (χ2v) is 2.67. The minimum absolute atomic E-state index is 0.00822. The Labute approximate surface area is 74.6 Å². The average molecular weight is 186 g/mol. The van der Waals surface area contributed by atoms with Crippen LogP contribution in [0.5, 0.6) is 0 Å². The van der Waals surface area contributed by atoms with Gasteiger partial charge in [-0.3, -0.25) is 19.7 Å². The Bertz CT molecular complexity index is 251. The van der Waals surface area contributed by atoms with Gasteiger partial charge in [0.25, 0.3) is 0 Å². The molecule has 6 nitrogen and oxygen atoms in total. The maximum absolute atomic E-state index is 10.9. The van der Waals surface area contributed by atoms with Crippen molar-refractivity contribution >= 4 is 17.7 Å². The number of methoxy groups -OCH3 is 1. The van der Waals surface area contributed by atoms with E-state index >= 15 is 0 Å². The fourth-order valence-corrected chi connectivity index (χ4v) is 1.04. The second-order valence-electron chi connectivity index (χ2n) is 2.67. The molecule has 0 aromatic carbocycles. The quantitative estimate of drug-likeness (QED) is 0.507. The van der Waals surface area contributed by atoms with Gasteiger partial charge in [0.05, 0.1) is 6.42 Å². The van der Waals surface area contributed by atoms with E-state index in [4.69, 9.17) is 0 Å². The van der Waals surface area contributed by atoms with Crippen LogP contribution in [-0.2, 0) is 19.1 Å². The summed E-state index contributed by atoms with van der Waals surface area (Å²) < 4.78 is 4.55. The highest BCUT2D eigenvalue weighted by Crippen LogP contribution is 2.00. The first-order valence-electron chi connectivity index (χ1n) is 3.75. The highest BCUT2D eigenvalue weighted by atomic mass is 16.5. The van der Waals surface area contributed by atoms with Crippen molar-refractivity contribution in [1.82, 2.24) is 10.6 Å². The Kier molecular flexibility index (Phi) is 2.97. The Balaban J connectivity index is 2.41. The van der Waals surface area contributed by atoms with Gasteiger partial charge in [-0.15, -0.1) is 0 Å². The molecule has 0 aromatic rings. The van der Waals surface area contributed by atoms with Gasteiger partial charge in [-0.05, 0) is 0 Å². The van der Waals surface area contributed by atoms with Gasteiger partial charge in [-0.1, -0.05) is 0 Å². The number of hydrogen-bond acceptors (Lipinski definition) is 4. The van der Waals surface area contributed by atoms with Gasteiger partial charge in [0, 0.05) is 7.11 Å². The molecule has 3 amide bonds. The van der Waals surface area contributed by atoms with E-state index in [1.165, 1.54) is 7.11 Å². The number of ether oxygens (including phenoxy) is 1. The first-order valence-corrected chi connectivity index (χ1v) is 3.75. The highest BCUT2D eigenvalue weighted by Gasteiger charge is 2.31. The normalized spacial score (nSPS) is 21.5. The van der Waals surface area contributed by atoms with Crippen LogP contribution in [0, 0.1) is 0 Å². The molecule has 0 radical (unpaired) electrons. The van der Waals surface area contributed by atoms with Crippen LogP contribution in [0.25, 0.3) is 0 Å². The summed E-state index contributed by atoms with van der Waals surface area (Å²) in [5, 5.41) is 4.44. The zero-order chi connectivity index (χ0) is 9.84. The number of rotatable bonds is 3. The molecule has 13 heavy (non-hydrogen) atoms. The fraction of sp³-hybridized carbons (Fsp3) is 0.571. The zero-order valence-corrected chi connectivity index (χ0v) is 7.12. The van der Waals surface area contributed by atoms with Crippen LogP contribution in [0.1, 0.15) is 6.42 Å². The van der Waals surface area contributed by atoms with E-state index in [9.17, 15) is 14.4 Å². The molecule has 0 spiro atoms. The molecule has 0 bridgehead atoms. The summed E-state index contributed by atoms with van der Waals surface area (Å²) in [6.45, 7) is -0.113. The maximum Gasteiger partial charge on any atom is 0.249 e. The lowest BCUT2D eigenvalue weighted by Crippen LogP contribution is -2.41. The van der Waals surface area contributed by atoms with Gasteiger partial charge in [-0.25, -0.2) is 0 Å². The minimum atomic E-state index is -0.741. The van der Waals surface area contributed by atoms with E-state index in [-0.39, 0.29) is 18.9 Å². The molecule has 72 valence electrons. The van der Waals surface area contributed by atoms with Crippen LogP contribution in [0.2, 0.25) is 0 Å². The van der Waals surface area contributed by atoms with Crippen molar-refractivity contribution in [2.75, 3.05) is 13.7 Å². The van der Waals surface area contributed by atoms with Crippen LogP contribution >= 0.6 is 0 Å². The summed E-state index contributed by atoms with van der Waals surface area (Å²) in [5.74, 6) is -1.24. The van der Waals surface area contributed by atoms with Crippen LogP contribution in [0.15, 0.2) is 0 Å². The van der Waals surface area contributed by atoms with Gasteiger partial charge < -0.3 is 10.1 Å². The Morgan fingerprint density at radius 1 is 1.69 bits per heavy atom. The predicted octanol–water partition coefficient (Wildman–Crippen LogP) is -1.84. The van der Waals surface area contributed by atoms with Crippen LogP contribution in [0.4, 0.5) is 0 Å². The molecule has 6 heteroatoms. The zero-order valence-electron chi connectivity index (χ0n) is 7.12. The number of nitrogens with one attached hydrogen (secondary N) is 2. The van der Waals surface area contributed by atoms with Crippen molar-refractivity contribution in [2.45, 2.75) is 12.5 Å². The van der Waals surface area contributed by atoms with E-state index in [1.54, 1.807) is 0 Å². The maximum atomic E-state index is 10.9. The van der Waals surface area contributed by atoms with E-state index in [2.05, 4.69) is 15.4 Å². The molecule has 1 fully saturated rings. The van der Waals surface area contributed by atoms with Gasteiger partial charge in [0.2, 0.25) is 17.7 Å². The molecule has 1 atom stereocenters. The third-order valence-electron chi connectivity index (χ3n) is 1.58. The third-order valence-corrected chi connectivity index (χ3v) is 1.58. The van der Waals surface area contributed by atoms with Gasteiger partial charge in [-0.2, -0.15) is 0 Å². The standard InChI is InChI=1S/C7H10N2O4/c1-13-3-6(11)8-4-2-5(10)9-7(4)12/h4H,2-3H2,1H3,(H,8,11)(H,9,10,12). The molecular weight excluding hydrogens is 176 g/mol. The Morgan fingerprint density at radius 2 is 2.38 bits per heavy atom. The molecule has 1 unspecified atom stereocenters. The summed E-state index contributed by atoms with van der Waals surface area (Å²) in [7, 11) is 1.37. The van der Waals surface area contributed by atoms with Crippen molar-refractivity contribution in [3.8, 4) is 0 Å². The molecule has 1 heterocycles. The van der Waals surface area contributed by atoms with E-state index in [0.717, 1.165) is 0 Å². The lowest BCUT2D eigenvalue weighted by Gasteiger charge is -2.07. The first kappa shape index (κ1) is 9.66. The SMILES string of the molecule is COCC(=O)NC1CC(=O)NC1=O. The Hall–Kier alpha value is -1.43. The fourth-order valence-electron chi connectivity index (χ4n) is 1.04. The highest BCUT2D eigenvalue weighted by molar-refractivity contribution is 6.06. The number of carbonyl (C=O) groups excluding carboxylic acids is 3. The number of hydrogen-bond donors (Lipinski definition) is 2. The number of imide groups is 1. The molecule has 1 aliphatic heterocycles.